The minimum atomic E-state index is -0.674. The van der Waals surface area contributed by atoms with Crippen LogP contribution in [0.5, 0.6) is 11.6 Å². The van der Waals surface area contributed by atoms with Gasteiger partial charge in [0.1, 0.15) is 12.1 Å². The molecule has 0 unspecified atom stereocenters. The molecule has 2 heterocycles. The first-order valence-electron chi connectivity index (χ1n) is 5.18. The molecule has 0 bridgehead atoms. The van der Waals surface area contributed by atoms with Gasteiger partial charge in [-0.1, -0.05) is 0 Å². The van der Waals surface area contributed by atoms with Gasteiger partial charge >= 0.3 is 11.6 Å². The average molecular weight is 262 g/mol. The molecule has 98 valence electrons. The highest BCUT2D eigenvalue weighted by Crippen LogP contribution is 2.33. The molecule has 2 rings (SSSR count). The molecule has 0 aromatic carbocycles. The molecule has 0 spiro atoms. The lowest BCUT2D eigenvalue weighted by Crippen LogP contribution is -2.12. The zero-order valence-corrected chi connectivity index (χ0v) is 9.90. The van der Waals surface area contributed by atoms with Gasteiger partial charge in [-0.2, -0.15) is 4.98 Å². The number of aryl methyl sites for hydroxylation is 1. The van der Waals surface area contributed by atoms with Crippen LogP contribution in [0.3, 0.4) is 0 Å². The van der Waals surface area contributed by atoms with Crippen molar-refractivity contribution in [2.45, 2.75) is 6.92 Å². The van der Waals surface area contributed by atoms with E-state index in [1.54, 1.807) is 12.1 Å². The number of nitrogens with one attached hydrogen (secondary N) is 1. The van der Waals surface area contributed by atoms with E-state index in [4.69, 9.17) is 10.6 Å². The number of anilines is 1. The predicted octanol–water partition coefficient (Wildman–Crippen LogP) is 1.17. The largest absolute Gasteiger partial charge is 0.432 e. The van der Waals surface area contributed by atoms with Crippen molar-refractivity contribution in [2.24, 2.45) is 5.84 Å². The van der Waals surface area contributed by atoms with Crippen LogP contribution in [0.25, 0.3) is 0 Å². The number of nitrogens with zero attached hydrogens (tertiary/aromatic N) is 4. The van der Waals surface area contributed by atoms with Gasteiger partial charge in [0.25, 0.3) is 0 Å². The fourth-order valence-electron chi connectivity index (χ4n) is 1.33. The van der Waals surface area contributed by atoms with Gasteiger partial charge < -0.3 is 10.2 Å². The minimum absolute atomic E-state index is 0.130. The van der Waals surface area contributed by atoms with Crippen LogP contribution >= 0.6 is 0 Å². The maximum Gasteiger partial charge on any atom is 0.374 e. The molecule has 2 aromatic rings. The molecule has 0 amide bonds. The Bertz CT molecular complexity index is 601. The van der Waals surface area contributed by atoms with Crippen LogP contribution < -0.4 is 16.0 Å². The normalized spacial score (nSPS) is 10.0. The molecule has 0 saturated heterocycles. The standard InChI is InChI=1S/C10H10N6O3/c1-6-2-3-7(4-12-6)19-10-8(16(17)18)9(15-11)13-5-14-10/h2-5H,11H2,1H3,(H,13,14,15). The van der Waals surface area contributed by atoms with E-state index in [-0.39, 0.29) is 11.7 Å². The summed E-state index contributed by atoms with van der Waals surface area (Å²) in [5.41, 5.74) is 2.48. The number of rotatable bonds is 4. The Hall–Kier alpha value is -2.81. The first kappa shape index (κ1) is 12.6. The summed E-state index contributed by atoms with van der Waals surface area (Å²) in [5, 5.41) is 11.0. The minimum Gasteiger partial charge on any atom is -0.432 e. The number of nitro groups is 1. The lowest BCUT2D eigenvalue weighted by atomic mass is 10.4. The Balaban J connectivity index is 2.39. The molecule has 9 nitrogen and oxygen atoms in total. The Morgan fingerprint density at radius 2 is 2.16 bits per heavy atom. The van der Waals surface area contributed by atoms with Crippen molar-refractivity contribution in [1.29, 1.82) is 0 Å². The second kappa shape index (κ2) is 5.23. The molecule has 2 aromatic heterocycles. The Morgan fingerprint density at radius 3 is 2.74 bits per heavy atom. The van der Waals surface area contributed by atoms with E-state index in [1.165, 1.54) is 6.20 Å². The van der Waals surface area contributed by atoms with Crippen LogP contribution in [-0.4, -0.2) is 19.9 Å². The molecule has 0 aliphatic heterocycles. The Kier molecular flexibility index (Phi) is 3.48. The molecular weight excluding hydrogens is 252 g/mol. The number of nitrogen functional groups attached to an aromatic ring is 1. The Morgan fingerprint density at radius 1 is 1.37 bits per heavy atom. The first-order chi connectivity index (χ1) is 9.11. The SMILES string of the molecule is Cc1ccc(Oc2ncnc(NN)c2[N+](=O)[O-])cn1. The highest BCUT2D eigenvalue weighted by Gasteiger charge is 2.24. The number of hydrogen-bond donors (Lipinski definition) is 2. The van der Waals surface area contributed by atoms with Crippen molar-refractivity contribution in [1.82, 2.24) is 15.0 Å². The quantitative estimate of drug-likeness (QED) is 0.477. The van der Waals surface area contributed by atoms with Gasteiger partial charge in [-0.15, -0.1) is 0 Å². The zero-order chi connectivity index (χ0) is 13.8. The van der Waals surface area contributed by atoms with Gasteiger partial charge in [0.15, 0.2) is 0 Å². The van der Waals surface area contributed by atoms with Gasteiger partial charge in [0, 0.05) is 5.69 Å². The molecule has 0 saturated carbocycles. The molecule has 3 N–H and O–H groups in total. The van der Waals surface area contributed by atoms with Gasteiger partial charge in [-0.3, -0.25) is 15.1 Å². The van der Waals surface area contributed by atoms with E-state index < -0.39 is 10.6 Å². The van der Waals surface area contributed by atoms with E-state index >= 15 is 0 Å². The molecule has 9 heteroatoms. The fraction of sp³-hybridized carbons (Fsp3) is 0.100. The first-order valence-corrected chi connectivity index (χ1v) is 5.18. The number of ether oxygens (including phenoxy) is 1. The number of nitrogens with two attached hydrogens (primary N) is 1. The summed E-state index contributed by atoms with van der Waals surface area (Å²) < 4.78 is 5.32. The summed E-state index contributed by atoms with van der Waals surface area (Å²) in [4.78, 5) is 21.7. The van der Waals surface area contributed by atoms with Crippen molar-refractivity contribution in [3.05, 3.63) is 40.5 Å². The molecular formula is C10H10N6O3. The van der Waals surface area contributed by atoms with Crippen LogP contribution in [0.2, 0.25) is 0 Å². The summed E-state index contributed by atoms with van der Waals surface area (Å²) >= 11 is 0. The van der Waals surface area contributed by atoms with E-state index in [1.807, 2.05) is 6.92 Å². The van der Waals surface area contributed by atoms with Crippen molar-refractivity contribution in [3.8, 4) is 11.6 Å². The summed E-state index contributed by atoms with van der Waals surface area (Å²) in [6.07, 6.45) is 2.55. The van der Waals surface area contributed by atoms with Crippen molar-refractivity contribution >= 4 is 11.5 Å². The van der Waals surface area contributed by atoms with Crippen molar-refractivity contribution in [2.75, 3.05) is 5.43 Å². The molecule has 19 heavy (non-hydrogen) atoms. The lowest BCUT2D eigenvalue weighted by molar-refractivity contribution is -0.385. The second-order valence-electron chi connectivity index (χ2n) is 3.51. The smallest absolute Gasteiger partial charge is 0.374 e. The third-order valence-corrected chi connectivity index (χ3v) is 2.21. The topological polar surface area (TPSA) is 129 Å². The molecule has 0 fully saturated rings. The van der Waals surface area contributed by atoms with E-state index in [2.05, 4.69) is 20.4 Å². The van der Waals surface area contributed by atoms with Crippen LogP contribution in [-0.2, 0) is 0 Å². The van der Waals surface area contributed by atoms with Gasteiger partial charge in [0.2, 0.25) is 5.82 Å². The summed E-state index contributed by atoms with van der Waals surface area (Å²) in [6, 6.07) is 3.34. The molecule has 0 radical (unpaired) electrons. The van der Waals surface area contributed by atoms with Crippen LogP contribution in [0.1, 0.15) is 5.69 Å². The van der Waals surface area contributed by atoms with Crippen molar-refractivity contribution in [3.63, 3.8) is 0 Å². The van der Waals surface area contributed by atoms with Crippen molar-refractivity contribution < 1.29 is 9.66 Å². The zero-order valence-electron chi connectivity index (χ0n) is 9.90. The van der Waals surface area contributed by atoms with Gasteiger partial charge in [-0.05, 0) is 19.1 Å². The molecule has 0 aliphatic carbocycles. The number of aromatic nitrogens is 3. The highest BCUT2D eigenvalue weighted by atomic mass is 16.6. The lowest BCUT2D eigenvalue weighted by Gasteiger charge is -2.06. The van der Waals surface area contributed by atoms with Gasteiger partial charge in [0.05, 0.1) is 11.1 Å². The van der Waals surface area contributed by atoms with Crippen LogP contribution in [0, 0.1) is 17.0 Å². The number of hydrogen-bond acceptors (Lipinski definition) is 8. The summed E-state index contributed by atoms with van der Waals surface area (Å²) in [7, 11) is 0. The molecule has 0 aliphatic rings. The second-order valence-corrected chi connectivity index (χ2v) is 3.51. The van der Waals surface area contributed by atoms with Crippen LogP contribution in [0.4, 0.5) is 11.5 Å². The maximum atomic E-state index is 11.0. The highest BCUT2D eigenvalue weighted by molar-refractivity contribution is 5.61. The van der Waals surface area contributed by atoms with E-state index in [9.17, 15) is 10.1 Å². The monoisotopic (exact) mass is 262 g/mol. The van der Waals surface area contributed by atoms with E-state index in [0.29, 0.717) is 5.75 Å². The van der Waals surface area contributed by atoms with E-state index in [0.717, 1.165) is 12.0 Å². The average Bonchev–Trinajstić information content (AvgIpc) is 2.40. The third kappa shape index (κ3) is 2.72. The number of pyridine rings is 1. The maximum absolute atomic E-state index is 11.0. The summed E-state index contributed by atoms with van der Waals surface area (Å²) in [5.74, 6) is 5.15. The predicted molar refractivity (Wildman–Crippen MR) is 65.5 cm³/mol. The summed E-state index contributed by atoms with van der Waals surface area (Å²) in [6.45, 7) is 1.81. The fourth-order valence-corrected chi connectivity index (χ4v) is 1.33. The Labute approximate surface area is 107 Å². The number of hydrazine groups is 1. The van der Waals surface area contributed by atoms with Gasteiger partial charge in [-0.25, -0.2) is 10.8 Å². The van der Waals surface area contributed by atoms with Crippen LogP contribution in [0.15, 0.2) is 24.7 Å². The molecule has 0 atom stereocenters. The third-order valence-electron chi connectivity index (χ3n) is 2.21.